The molecule has 0 bridgehead atoms. The molecule has 35 heavy (non-hydrogen) atoms. The summed E-state index contributed by atoms with van der Waals surface area (Å²) < 4.78 is 5.64. The third-order valence-corrected chi connectivity index (χ3v) is 7.59. The van der Waals surface area contributed by atoms with Gasteiger partial charge >= 0.3 is 12.1 Å². The molecular formula is C28H34N2O5. The summed E-state index contributed by atoms with van der Waals surface area (Å²) in [7, 11) is 0. The van der Waals surface area contributed by atoms with Crippen molar-refractivity contribution in [3.8, 4) is 11.1 Å². The maximum Gasteiger partial charge on any atom is 0.408 e. The molecule has 2 aliphatic carbocycles. The number of hydrogen-bond acceptors (Lipinski definition) is 4. The highest BCUT2D eigenvalue weighted by atomic mass is 16.5. The summed E-state index contributed by atoms with van der Waals surface area (Å²) in [5, 5.41) is 15.0. The van der Waals surface area contributed by atoms with Crippen LogP contribution in [-0.2, 0) is 14.3 Å². The summed E-state index contributed by atoms with van der Waals surface area (Å²) in [6.45, 7) is 3.68. The van der Waals surface area contributed by atoms with Gasteiger partial charge in [-0.25, -0.2) is 4.79 Å². The van der Waals surface area contributed by atoms with Gasteiger partial charge in [0.1, 0.15) is 12.1 Å². The molecule has 0 aliphatic heterocycles. The molecule has 1 saturated carbocycles. The Balaban J connectivity index is 1.39. The maximum absolute atomic E-state index is 13.2. The van der Waals surface area contributed by atoms with Gasteiger partial charge < -0.3 is 20.5 Å². The first-order valence-corrected chi connectivity index (χ1v) is 12.5. The molecular weight excluding hydrogens is 444 g/mol. The molecule has 7 nitrogen and oxygen atoms in total. The van der Waals surface area contributed by atoms with Crippen LogP contribution < -0.4 is 10.6 Å². The highest BCUT2D eigenvalue weighted by Gasteiger charge is 2.38. The van der Waals surface area contributed by atoms with Gasteiger partial charge in [-0.15, -0.1) is 0 Å². The van der Waals surface area contributed by atoms with Crippen molar-refractivity contribution in [1.29, 1.82) is 0 Å². The summed E-state index contributed by atoms with van der Waals surface area (Å²) in [6.07, 6.45) is 3.20. The van der Waals surface area contributed by atoms with Crippen LogP contribution >= 0.6 is 0 Å². The predicted octanol–water partition coefficient (Wildman–Crippen LogP) is 4.84. The molecule has 7 heteroatoms. The Kier molecular flexibility index (Phi) is 7.43. The number of carbonyl (C=O) groups excluding carboxylic acids is 2. The number of alkyl carbamates (subject to hydrolysis) is 1. The van der Waals surface area contributed by atoms with Crippen molar-refractivity contribution in [2.24, 2.45) is 5.92 Å². The Labute approximate surface area is 206 Å². The van der Waals surface area contributed by atoms with Crippen LogP contribution in [0.4, 0.5) is 4.79 Å². The lowest BCUT2D eigenvalue weighted by Gasteiger charge is -2.35. The molecule has 1 fully saturated rings. The number of fused-ring (bicyclic) bond motifs is 3. The summed E-state index contributed by atoms with van der Waals surface area (Å²) in [5.74, 6) is -1.32. The second-order valence-electron chi connectivity index (χ2n) is 9.86. The van der Waals surface area contributed by atoms with Crippen LogP contribution in [0, 0.1) is 5.92 Å². The van der Waals surface area contributed by atoms with Gasteiger partial charge in [0.05, 0.1) is 6.42 Å². The van der Waals surface area contributed by atoms with Gasteiger partial charge in [-0.05, 0) is 54.4 Å². The third kappa shape index (κ3) is 5.34. The molecule has 0 aromatic heterocycles. The van der Waals surface area contributed by atoms with E-state index in [9.17, 15) is 19.5 Å². The minimum Gasteiger partial charge on any atom is -0.481 e. The summed E-state index contributed by atoms with van der Waals surface area (Å²) >= 11 is 0. The lowest BCUT2D eigenvalue weighted by molar-refractivity contribution is -0.139. The zero-order chi connectivity index (χ0) is 25.0. The SMILES string of the molecule is CCC(C)(NC(=O)OCC1c2ccccc2-c2ccccc21)C(=O)NC1CCCCC1CC(=O)O. The number of hydrogen-bond donors (Lipinski definition) is 3. The van der Waals surface area contributed by atoms with Crippen molar-refractivity contribution >= 4 is 18.0 Å². The molecule has 0 spiro atoms. The van der Waals surface area contributed by atoms with E-state index in [0.717, 1.165) is 47.9 Å². The largest absolute Gasteiger partial charge is 0.481 e. The molecule has 3 unspecified atom stereocenters. The molecule has 0 heterocycles. The maximum atomic E-state index is 13.2. The van der Waals surface area contributed by atoms with Crippen LogP contribution in [0.3, 0.4) is 0 Å². The molecule has 0 saturated heterocycles. The van der Waals surface area contributed by atoms with Gasteiger partial charge in [-0.2, -0.15) is 0 Å². The summed E-state index contributed by atoms with van der Waals surface area (Å²) in [4.78, 5) is 37.2. The van der Waals surface area contributed by atoms with Crippen molar-refractivity contribution in [2.75, 3.05) is 6.61 Å². The van der Waals surface area contributed by atoms with Crippen LogP contribution in [0.15, 0.2) is 48.5 Å². The van der Waals surface area contributed by atoms with Crippen LogP contribution in [0.1, 0.15) is 69.4 Å². The van der Waals surface area contributed by atoms with Crippen LogP contribution in [-0.4, -0.2) is 41.3 Å². The number of benzene rings is 2. The van der Waals surface area contributed by atoms with Crippen molar-refractivity contribution in [2.45, 2.75) is 69.9 Å². The second-order valence-corrected chi connectivity index (χ2v) is 9.86. The van der Waals surface area contributed by atoms with Gasteiger partial charge in [0, 0.05) is 12.0 Å². The molecule has 2 aliphatic rings. The molecule has 2 aromatic rings. The number of ether oxygens (including phenoxy) is 1. The van der Waals surface area contributed by atoms with Gasteiger partial charge in [0.15, 0.2) is 0 Å². The van der Waals surface area contributed by atoms with E-state index in [-0.39, 0.29) is 36.8 Å². The molecule has 0 radical (unpaired) electrons. The average molecular weight is 479 g/mol. The van der Waals surface area contributed by atoms with Crippen molar-refractivity contribution in [3.63, 3.8) is 0 Å². The standard InChI is InChI=1S/C28H34N2O5/c1-3-28(2,26(33)29-24-15-9-4-10-18(24)16-25(31)32)30-27(34)35-17-23-21-13-7-5-11-19(21)20-12-6-8-14-22(20)23/h5-8,11-14,18,23-24H,3-4,9-10,15-17H2,1-2H3,(H,29,33)(H,30,34)(H,31,32). The fourth-order valence-corrected chi connectivity index (χ4v) is 5.36. The van der Waals surface area contributed by atoms with E-state index in [1.807, 2.05) is 31.2 Å². The quantitative estimate of drug-likeness (QED) is 0.503. The minimum atomic E-state index is -1.16. The van der Waals surface area contributed by atoms with Gasteiger partial charge in [0.2, 0.25) is 5.91 Å². The smallest absolute Gasteiger partial charge is 0.408 e. The third-order valence-electron chi connectivity index (χ3n) is 7.59. The van der Waals surface area contributed by atoms with E-state index in [2.05, 4.69) is 34.9 Å². The second kappa shape index (κ2) is 10.5. The number of carboxylic acid groups (broad SMARTS) is 1. The van der Waals surface area contributed by atoms with Crippen LogP contribution in [0.5, 0.6) is 0 Å². The van der Waals surface area contributed by atoms with Crippen molar-refractivity contribution in [3.05, 3.63) is 59.7 Å². The lowest BCUT2D eigenvalue weighted by Crippen LogP contribution is -2.59. The van der Waals surface area contributed by atoms with Gasteiger partial charge in [-0.3, -0.25) is 9.59 Å². The average Bonchev–Trinajstić information content (AvgIpc) is 3.17. The zero-order valence-corrected chi connectivity index (χ0v) is 20.4. The van der Waals surface area contributed by atoms with Gasteiger partial charge in [-0.1, -0.05) is 68.3 Å². The number of amides is 2. The number of aliphatic carboxylic acids is 1. The van der Waals surface area contributed by atoms with Crippen molar-refractivity contribution in [1.82, 2.24) is 10.6 Å². The fraction of sp³-hybridized carbons (Fsp3) is 0.464. The topological polar surface area (TPSA) is 105 Å². The van der Waals surface area contributed by atoms with Crippen molar-refractivity contribution < 1.29 is 24.2 Å². The Morgan fingerprint density at radius 1 is 1.00 bits per heavy atom. The molecule has 186 valence electrons. The number of carbonyl (C=O) groups is 3. The van der Waals surface area contributed by atoms with E-state index in [1.165, 1.54) is 0 Å². The zero-order valence-electron chi connectivity index (χ0n) is 20.4. The van der Waals surface area contributed by atoms with E-state index >= 15 is 0 Å². The Hall–Kier alpha value is -3.35. The van der Waals surface area contributed by atoms with E-state index in [1.54, 1.807) is 6.92 Å². The first-order valence-electron chi connectivity index (χ1n) is 12.5. The van der Waals surface area contributed by atoms with E-state index in [4.69, 9.17) is 4.74 Å². The molecule has 2 amide bonds. The fourth-order valence-electron chi connectivity index (χ4n) is 5.36. The van der Waals surface area contributed by atoms with Gasteiger partial charge in [0.25, 0.3) is 0 Å². The van der Waals surface area contributed by atoms with Crippen LogP contribution in [0.2, 0.25) is 0 Å². The Morgan fingerprint density at radius 2 is 1.60 bits per heavy atom. The number of rotatable bonds is 8. The van der Waals surface area contributed by atoms with E-state index < -0.39 is 17.6 Å². The minimum absolute atomic E-state index is 0.0353. The molecule has 4 rings (SSSR count). The number of carboxylic acids is 1. The molecule has 3 N–H and O–H groups in total. The Bertz CT molecular complexity index is 1050. The van der Waals surface area contributed by atoms with E-state index in [0.29, 0.717) is 6.42 Å². The highest BCUT2D eigenvalue weighted by molar-refractivity contribution is 5.90. The predicted molar refractivity (Wildman–Crippen MR) is 133 cm³/mol. The Morgan fingerprint density at radius 3 is 2.20 bits per heavy atom. The normalized spacial score (nSPS) is 20.7. The summed E-state index contributed by atoms with van der Waals surface area (Å²) in [5.41, 5.74) is 3.39. The first-order chi connectivity index (χ1) is 16.8. The highest BCUT2D eigenvalue weighted by Crippen LogP contribution is 2.44. The van der Waals surface area contributed by atoms with Crippen LogP contribution in [0.25, 0.3) is 11.1 Å². The summed E-state index contributed by atoms with van der Waals surface area (Å²) in [6, 6.07) is 16.0. The monoisotopic (exact) mass is 478 g/mol. The first kappa shape index (κ1) is 24.8. The number of nitrogens with one attached hydrogen (secondary N) is 2. The molecule has 3 atom stereocenters. The lowest BCUT2D eigenvalue weighted by atomic mass is 9.82. The molecule has 2 aromatic carbocycles.